The zero-order valence-electron chi connectivity index (χ0n) is 19.3. The molecular formula is C25H28N4O6. The zero-order valence-corrected chi connectivity index (χ0v) is 19.3. The van der Waals surface area contributed by atoms with E-state index in [-0.39, 0.29) is 37.6 Å². The number of pyridine rings is 1. The number of phenols is 1. The highest BCUT2D eigenvalue weighted by Gasteiger charge is 2.32. The maximum atomic E-state index is 13.4. The van der Waals surface area contributed by atoms with Gasteiger partial charge in [-0.3, -0.25) is 14.4 Å². The number of nitrogens with one attached hydrogen (secondary N) is 2. The number of ether oxygens (including phenoxy) is 1. The molecule has 184 valence electrons. The van der Waals surface area contributed by atoms with E-state index in [1.165, 1.54) is 30.4 Å². The maximum Gasteiger partial charge on any atom is 0.247 e. The molecule has 2 heterocycles. The number of anilines is 1. The van der Waals surface area contributed by atoms with Gasteiger partial charge in [0.25, 0.3) is 0 Å². The minimum absolute atomic E-state index is 0.0108. The molecule has 2 aromatic heterocycles. The average molecular weight is 481 g/mol. The molecule has 0 aliphatic carbocycles. The van der Waals surface area contributed by atoms with E-state index in [1.54, 1.807) is 48.7 Å². The lowest BCUT2D eigenvalue weighted by Gasteiger charge is -2.31. The number of carbonyl (C=O) groups excluding carboxylic acids is 3. The van der Waals surface area contributed by atoms with Crippen molar-refractivity contribution in [1.29, 1.82) is 0 Å². The molecule has 0 aliphatic rings. The second-order valence-corrected chi connectivity index (χ2v) is 7.64. The van der Waals surface area contributed by atoms with Gasteiger partial charge in [-0.2, -0.15) is 0 Å². The van der Waals surface area contributed by atoms with Crippen molar-refractivity contribution in [2.24, 2.45) is 0 Å². The third-order valence-electron chi connectivity index (χ3n) is 5.10. The van der Waals surface area contributed by atoms with E-state index >= 15 is 0 Å². The van der Waals surface area contributed by atoms with E-state index in [2.05, 4.69) is 15.6 Å². The first-order valence-electron chi connectivity index (χ1n) is 11.1. The third-order valence-corrected chi connectivity index (χ3v) is 5.10. The van der Waals surface area contributed by atoms with Gasteiger partial charge in [-0.15, -0.1) is 0 Å². The second-order valence-electron chi connectivity index (χ2n) is 7.64. The Hall–Kier alpha value is -4.18. The highest BCUT2D eigenvalue weighted by molar-refractivity contribution is 5.94. The average Bonchev–Trinajstić information content (AvgIpc) is 3.37. The fourth-order valence-electron chi connectivity index (χ4n) is 3.40. The van der Waals surface area contributed by atoms with Crippen molar-refractivity contribution < 1.29 is 28.6 Å². The second kappa shape index (κ2) is 12.9. The van der Waals surface area contributed by atoms with Gasteiger partial charge in [-0.25, -0.2) is 4.98 Å². The van der Waals surface area contributed by atoms with Crippen LogP contribution in [0.15, 0.2) is 71.5 Å². The van der Waals surface area contributed by atoms with E-state index in [4.69, 9.17) is 9.15 Å². The molecule has 3 rings (SSSR count). The summed E-state index contributed by atoms with van der Waals surface area (Å²) < 4.78 is 10.4. The topological polar surface area (TPSA) is 134 Å². The number of benzene rings is 1. The van der Waals surface area contributed by atoms with Crippen molar-refractivity contribution in [2.45, 2.75) is 25.4 Å². The van der Waals surface area contributed by atoms with Crippen LogP contribution in [0.25, 0.3) is 0 Å². The highest BCUT2D eigenvalue weighted by atomic mass is 16.5. The predicted octanol–water partition coefficient (Wildman–Crippen LogP) is 2.63. The number of furan rings is 1. The molecule has 0 saturated carbocycles. The van der Waals surface area contributed by atoms with Gasteiger partial charge in [0.15, 0.2) is 0 Å². The van der Waals surface area contributed by atoms with Gasteiger partial charge in [-0.1, -0.05) is 18.2 Å². The number of carbonyl (C=O) groups is 3. The summed E-state index contributed by atoms with van der Waals surface area (Å²) in [6, 6.07) is 13.5. The molecule has 0 fully saturated rings. The molecule has 1 aromatic carbocycles. The summed E-state index contributed by atoms with van der Waals surface area (Å²) in [5.74, 6) is -0.326. The first-order valence-corrected chi connectivity index (χ1v) is 11.1. The van der Waals surface area contributed by atoms with Gasteiger partial charge < -0.3 is 29.8 Å². The maximum absolute atomic E-state index is 13.4. The van der Waals surface area contributed by atoms with Gasteiger partial charge in [0.1, 0.15) is 23.4 Å². The summed E-state index contributed by atoms with van der Waals surface area (Å²) in [5, 5.41) is 15.1. The lowest BCUT2D eigenvalue weighted by atomic mass is 10.0. The normalized spacial score (nSPS) is 11.5. The molecule has 0 spiro atoms. The summed E-state index contributed by atoms with van der Waals surface area (Å²) in [4.78, 5) is 44.4. The summed E-state index contributed by atoms with van der Waals surface area (Å²) in [6.07, 6.45) is 2.79. The molecule has 35 heavy (non-hydrogen) atoms. The van der Waals surface area contributed by atoms with Gasteiger partial charge in [-0.05, 0) is 42.0 Å². The van der Waals surface area contributed by atoms with Crippen LogP contribution in [0.5, 0.6) is 5.75 Å². The minimum Gasteiger partial charge on any atom is -0.508 e. The van der Waals surface area contributed by atoms with Gasteiger partial charge in [0, 0.05) is 32.7 Å². The minimum atomic E-state index is -1.02. The van der Waals surface area contributed by atoms with Crippen LogP contribution in [0.2, 0.25) is 0 Å². The SMILES string of the molecule is COCCNC(=O)[C@@H](c1ccc(O)cc1)N(Cc1ccco1)C(=O)CCC(=O)Nc1ccccn1. The Labute approximate surface area is 202 Å². The number of phenolic OH excluding ortho intramolecular Hbond substituents is 1. The Morgan fingerprint density at radius 3 is 2.54 bits per heavy atom. The summed E-state index contributed by atoms with van der Waals surface area (Å²) in [5.41, 5.74) is 0.496. The zero-order chi connectivity index (χ0) is 25.0. The van der Waals surface area contributed by atoms with Crippen LogP contribution < -0.4 is 10.6 Å². The standard InChI is InChI=1S/C25H28N4O6/c1-34-16-14-27-25(33)24(18-7-9-19(30)10-8-18)29(17-20-5-4-15-35-20)23(32)12-11-22(31)28-21-6-2-3-13-26-21/h2-10,13,15,24,30H,11-12,14,16-17H2,1H3,(H,27,33)(H,26,28,31)/t24-/m1/s1. The molecule has 0 unspecified atom stereocenters. The summed E-state index contributed by atoms with van der Waals surface area (Å²) in [6.45, 7) is 0.559. The quantitative estimate of drug-likeness (QED) is 0.339. The number of methoxy groups -OCH3 is 1. The van der Waals surface area contributed by atoms with Crippen molar-refractivity contribution in [3.63, 3.8) is 0 Å². The molecule has 0 radical (unpaired) electrons. The molecule has 3 amide bonds. The van der Waals surface area contributed by atoms with Crippen LogP contribution in [-0.2, 0) is 25.7 Å². The highest BCUT2D eigenvalue weighted by Crippen LogP contribution is 2.26. The Kier molecular flexibility index (Phi) is 9.38. The number of amides is 3. The molecular weight excluding hydrogens is 452 g/mol. The van der Waals surface area contributed by atoms with E-state index in [9.17, 15) is 19.5 Å². The third kappa shape index (κ3) is 7.68. The number of aromatic hydroxyl groups is 1. The van der Waals surface area contributed by atoms with Crippen molar-refractivity contribution in [3.05, 3.63) is 78.4 Å². The van der Waals surface area contributed by atoms with E-state index in [1.807, 2.05) is 0 Å². The van der Waals surface area contributed by atoms with E-state index in [0.29, 0.717) is 23.7 Å². The number of rotatable bonds is 12. The molecule has 3 aromatic rings. The molecule has 0 saturated heterocycles. The number of hydrogen-bond acceptors (Lipinski definition) is 7. The molecule has 3 N–H and O–H groups in total. The lowest BCUT2D eigenvalue weighted by Crippen LogP contribution is -2.44. The van der Waals surface area contributed by atoms with E-state index in [0.717, 1.165) is 0 Å². The van der Waals surface area contributed by atoms with Gasteiger partial charge >= 0.3 is 0 Å². The predicted molar refractivity (Wildman–Crippen MR) is 127 cm³/mol. The Bertz CT molecular complexity index is 1090. The summed E-state index contributed by atoms with van der Waals surface area (Å²) >= 11 is 0. The molecule has 10 heteroatoms. The Morgan fingerprint density at radius 2 is 1.89 bits per heavy atom. The smallest absolute Gasteiger partial charge is 0.247 e. The van der Waals surface area contributed by atoms with Gasteiger partial charge in [0.05, 0.1) is 19.4 Å². The Balaban J connectivity index is 1.81. The number of nitrogens with zero attached hydrogens (tertiary/aromatic N) is 2. The summed E-state index contributed by atoms with van der Waals surface area (Å²) in [7, 11) is 1.52. The molecule has 0 aliphatic heterocycles. The monoisotopic (exact) mass is 480 g/mol. The van der Waals surface area contributed by atoms with Crippen molar-refractivity contribution in [2.75, 3.05) is 25.6 Å². The fraction of sp³-hybridized carbons (Fsp3) is 0.280. The van der Waals surface area contributed by atoms with Crippen LogP contribution >= 0.6 is 0 Å². The lowest BCUT2D eigenvalue weighted by molar-refractivity contribution is -0.142. The largest absolute Gasteiger partial charge is 0.508 e. The van der Waals surface area contributed by atoms with Crippen LogP contribution in [0.4, 0.5) is 5.82 Å². The number of aromatic nitrogens is 1. The van der Waals surface area contributed by atoms with Crippen LogP contribution in [0.3, 0.4) is 0 Å². The van der Waals surface area contributed by atoms with Gasteiger partial charge in [0.2, 0.25) is 17.7 Å². The van der Waals surface area contributed by atoms with E-state index < -0.39 is 17.9 Å². The van der Waals surface area contributed by atoms with Crippen molar-refractivity contribution in [1.82, 2.24) is 15.2 Å². The van der Waals surface area contributed by atoms with Crippen LogP contribution in [0, 0.1) is 0 Å². The fourth-order valence-corrected chi connectivity index (χ4v) is 3.40. The molecule has 10 nitrogen and oxygen atoms in total. The molecule has 1 atom stereocenters. The Morgan fingerprint density at radius 1 is 1.09 bits per heavy atom. The van der Waals surface area contributed by atoms with Crippen molar-refractivity contribution >= 4 is 23.5 Å². The van der Waals surface area contributed by atoms with Crippen LogP contribution in [0.1, 0.15) is 30.2 Å². The van der Waals surface area contributed by atoms with Crippen LogP contribution in [-0.4, -0.2) is 53.0 Å². The van der Waals surface area contributed by atoms with Crippen molar-refractivity contribution in [3.8, 4) is 5.75 Å². The molecule has 0 bridgehead atoms. The first kappa shape index (κ1) is 25.4. The number of hydrogen-bond donors (Lipinski definition) is 3. The first-order chi connectivity index (χ1) is 17.0.